The number of nitrogens with one attached hydrogen (secondary N) is 1. The molecule has 2 aromatic carbocycles. The van der Waals surface area contributed by atoms with Gasteiger partial charge in [0.1, 0.15) is 29.8 Å². The fraction of sp³-hybridized carbons (Fsp3) is 0.292. The summed E-state index contributed by atoms with van der Waals surface area (Å²) in [6.07, 6.45) is 0. The molecule has 4 rings (SSSR count). The summed E-state index contributed by atoms with van der Waals surface area (Å²) in [5.41, 5.74) is 7.29. The molecule has 1 aliphatic rings. The minimum atomic E-state index is -0.767. The number of nitrogens with two attached hydrogens (primary N) is 1. The van der Waals surface area contributed by atoms with Gasteiger partial charge in [-0.3, -0.25) is 4.79 Å². The van der Waals surface area contributed by atoms with E-state index >= 15 is 0 Å². The zero-order valence-corrected chi connectivity index (χ0v) is 18.4. The Morgan fingerprint density at radius 1 is 1.24 bits per heavy atom. The van der Waals surface area contributed by atoms with Crippen molar-refractivity contribution in [1.29, 1.82) is 5.26 Å². The topological polar surface area (TPSA) is 100.0 Å². The lowest BCUT2D eigenvalue weighted by Crippen LogP contribution is -2.53. The average Bonchev–Trinajstić information content (AvgIpc) is 3.18. The van der Waals surface area contributed by atoms with Gasteiger partial charge in [0.15, 0.2) is 0 Å². The quantitative estimate of drug-likeness (QED) is 0.616. The standard InChI is InChI=1S/C24H24F2N6O/c1-24(2)23-30-21(15-3-6-18(26)7-4-15)22(31(23)9-10-32(24)20(33)14-28)29-19-8-5-16(13-27)17(11-19)12-25/h3-8,11,29H,9-10,12,14,28H2,1-2H3. The Bertz CT molecular complexity index is 1240. The molecule has 3 aromatic rings. The number of nitriles is 1. The zero-order chi connectivity index (χ0) is 23.8. The summed E-state index contributed by atoms with van der Waals surface area (Å²) in [6, 6.07) is 12.8. The third-order valence-corrected chi connectivity index (χ3v) is 5.96. The third-order valence-electron chi connectivity index (χ3n) is 5.96. The molecular weight excluding hydrogens is 426 g/mol. The van der Waals surface area contributed by atoms with Crippen LogP contribution in [0.5, 0.6) is 0 Å². The Morgan fingerprint density at radius 3 is 2.61 bits per heavy atom. The monoisotopic (exact) mass is 450 g/mol. The molecule has 0 unspecified atom stereocenters. The molecule has 9 heteroatoms. The summed E-state index contributed by atoms with van der Waals surface area (Å²) in [5, 5.41) is 12.5. The van der Waals surface area contributed by atoms with E-state index in [0.29, 0.717) is 41.7 Å². The first kappa shape index (κ1) is 22.4. The maximum absolute atomic E-state index is 13.6. The molecule has 0 saturated heterocycles. The number of carbonyl (C=O) groups excluding carboxylic acids is 1. The molecule has 0 aliphatic carbocycles. The zero-order valence-electron chi connectivity index (χ0n) is 18.4. The summed E-state index contributed by atoms with van der Waals surface area (Å²) in [7, 11) is 0. The molecule has 7 nitrogen and oxygen atoms in total. The fourth-order valence-electron chi connectivity index (χ4n) is 4.25. The molecule has 0 bridgehead atoms. The van der Waals surface area contributed by atoms with Crippen molar-refractivity contribution >= 4 is 17.4 Å². The van der Waals surface area contributed by atoms with E-state index in [1.807, 2.05) is 24.5 Å². The van der Waals surface area contributed by atoms with Crippen molar-refractivity contribution in [2.45, 2.75) is 32.6 Å². The molecule has 0 spiro atoms. The predicted octanol–water partition coefficient (Wildman–Crippen LogP) is 3.81. The Labute approximate surface area is 190 Å². The molecule has 3 N–H and O–H groups in total. The average molecular weight is 450 g/mol. The van der Waals surface area contributed by atoms with E-state index in [1.54, 1.807) is 35.2 Å². The maximum Gasteiger partial charge on any atom is 0.237 e. The highest BCUT2D eigenvalue weighted by Gasteiger charge is 2.41. The number of anilines is 2. The molecular formula is C24H24F2N6O. The van der Waals surface area contributed by atoms with Gasteiger partial charge in [-0.25, -0.2) is 13.8 Å². The van der Waals surface area contributed by atoms with Gasteiger partial charge in [-0.05, 0) is 56.3 Å². The van der Waals surface area contributed by atoms with Crippen molar-refractivity contribution in [1.82, 2.24) is 14.5 Å². The van der Waals surface area contributed by atoms with Crippen LogP contribution < -0.4 is 11.1 Å². The predicted molar refractivity (Wildman–Crippen MR) is 121 cm³/mol. The second-order valence-electron chi connectivity index (χ2n) is 8.34. The highest BCUT2D eigenvalue weighted by Crippen LogP contribution is 2.39. The summed E-state index contributed by atoms with van der Waals surface area (Å²) in [4.78, 5) is 19.0. The van der Waals surface area contributed by atoms with Gasteiger partial charge in [-0.2, -0.15) is 5.26 Å². The Hall–Kier alpha value is -3.77. The van der Waals surface area contributed by atoms with Crippen LogP contribution in [0.3, 0.4) is 0 Å². The number of alkyl halides is 1. The maximum atomic E-state index is 13.6. The molecule has 0 atom stereocenters. The highest BCUT2D eigenvalue weighted by molar-refractivity contribution is 5.80. The molecule has 1 amide bonds. The van der Waals surface area contributed by atoms with Gasteiger partial charge in [0.25, 0.3) is 0 Å². The van der Waals surface area contributed by atoms with E-state index in [9.17, 15) is 18.8 Å². The molecule has 1 aliphatic heterocycles. The van der Waals surface area contributed by atoms with Crippen LogP contribution in [-0.2, 0) is 23.6 Å². The van der Waals surface area contributed by atoms with Gasteiger partial charge >= 0.3 is 0 Å². The van der Waals surface area contributed by atoms with Crippen LogP contribution in [0.2, 0.25) is 0 Å². The second-order valence-corrected chi connectivity index (χ2v) is 8.34. The van der Waals surface area contributed by atoms with Crippen molar-refractivity contribution in [2.24, 2.45) is 5.73 Å². The minimum Gasteiger partial charge on any atom is -0.340 e. The SMILES string of the molecule is CC1(C)c2nc(-c3ccc(F)cc3)c(Nc3ccc(C#N)c(CF)c3)n2CCN1C(=O)CN. The van der Waals surface area contributed by atoms with Gasteiger partial charge in [0.2, 0.25) is 5.91 Å². The van der Waals surface area contributed by atoms with Crippen LogP contribution in [0.25, 0.3) is 11.3 Å². The molecule has 0 saturated carbocycles. The molecule has 0 fully saturated rings. The number of fused-ring (bicyclic) bond motifs is 1. The van der Waals surface area contributed by atoms with Gasteiger partial charge in [-0.15, -0.1) is 0 Å². The van der Waals surface area contributed by atoms with Crippen LogP contribution in [0.4, 0.5) is 20.3 Å². The minimum absolute atomic E-state index is 0.0999. The Morgan fingerprint density at radius 2 is 1.97 bits per heavy atom. The molecule has 33 heavy (non-hydrogen) atoms. The first-order chi connectivity index (χ1) is 15.8. The Balaban J connectivity index is 1.86. The van der Waals surface area contributed by atoms with E-state index in [1.165, 1.54) is 12.1 Å². The van der Waals surface area contributed by atoms with Crippen molar-refractivity contribution in [3.05, 3.63) is 65.2 Å². The summed E-state index contributed by atoms with van der Waals surface area (Å²) < 4.78 is 29.0. The molecule has 0 radical (unpaired) electrons. The highest BCUT2D eigenvalue weighted by atomic mass is 19.1. The van der Waals surface area contributed by atoms with E-state index in [2.05, 4.69) is 5.32 Å². The largest absolute Gasteiger partial charge is 0.340 e. The molecule has 2 heterocycles. The summed E-state index contributed by atoms with van der Waals surface area (Å²) in [5.74, 6) is 0.750. The van der Waals surface area contributed by atoms with Crippen molar-refractivity contribution in [3.63, 3.8) is 0 Å². The number of benzene rings is 2. The number of hydrogen-bond acceptors (Lipinski definition) is 5. The van der Waals surface area contributed by atoms with Crippen molar-refractivity contribution in [2.75, 3.05) is 18.4 Å². The lowest BCUT2D eigenvalue weighted by molar-refractivity contribution is -0.137. The number of imidazole rings is 1. The van der Waals surface area contributed by atoms with E-state index in [4.69, 9.17) is 10.7 Å². The fourth-order valence-corrected chi connectivity index (χ4v) is 4.25. The summed E-state index contributed by atoms with van der Waals surface area (Å²) >= 11 is 0. The van der Waals surface area contributed by atoms with Gasteiger partial charge < -0.3 is 20.5 Å². The van der Waals surface area contributed by atoms with E-state index in [0.717, 1.165) is 0 Å². The number of carbonyl (C=O) groups is 1. The first-order valence-electron chi connectivity index (χ1n) is 10.5. The van der Waals surface area contributed by atoms with Crippen LogP contribution in [0, 0.1) is 17.1 Å². The number of hydrogen-bond donors (Lipinski definition) is 2. The molecule has 170 valence electrons. The normalized spacial score (nSPS) is 14.5. The van der Waals surface area contributed by atoms with Crippen LogP contribution >= 0.6 is 0 Å². The number of aromatic nitrogens is 2. The number of amides is 1. The number of rotatable bonds is 5. The lowest BCUT2D eigenvalue weighted by Gasteiger charge is -2.42. The van der Waals surface area contributed by atoms with Crippen molar-refractivity contribution < 1.29 is 13.6 Å². The number of halogens is 2. The van der Waals surface area contributed by atoms with E-state index in [-0.39, 0.29) is 29.4 Å². The summed E-state index contributed by atoms with van der Waals surface area (Å²) in [6.45, 7) is 3.84. The second kappa shape index (κ2) is 8.64. The third kappa shape index (κ3) is 3.94. The number of nitrogens with zero attached hydrogens (tertiary/aromatic N) is 4. The van der Waals surface area contributed by atoms with Gasteiger partial charge in [0, 0.05) is 29.9 Å². The molecule has 1 aromatic heterocycles. The van der Waals surface area contributed by atoms with Crippen LogP contribution in [-0.4, -0.2) is 33.4 Å². The lowest BCUT2D eigenvalue weighted by atomic mass is 9.99. The smallest absolute Gasteiger partial charge is 0.237 e. The van der Waals surface area contributed by atoms with Gasteiger partial charge in [0.05, 0.1) is 23.7 Å². The first-order valence-corrected chi connectivity index (χ1v) is 10.5. The van der Waals surface area contributed by atoms with E-state index < -0.39 is 12.2 Å². The van der Waals surface area contributed by atoms with Gasteiger partial charge in [-0.1, -0.05) is 0 Å². The Kier molecular flexibility index (Phi) is 5.87. The van der Waals surface area contributed by atoms with Crippen LogP contribution in [0.1, 0.15) is 30.8 Å². The van der Waals surface area contributed by atoms with Crippen LogP contribution in [0.15, 0.2) is 42.5 Å². The van der Waals surface area contributed by atoms with Crippen molar-refractivity contribution in [3.8, 4) is 17.3 Å².